The maximum absolute atomic E-state index is 12.2. The van der Waals surface area contributed by atoms with Gasteiger partial charge in [0.15, 0.2) is 0 Å². The number of carbonyl (C=O) groups excluding carboxylic acids is 1. The Morgan fingerprint density at radius 3 is 2.70 bits per heavy atom. The van der Waals surface area contributed by atoms with Crippen molar-refractivity contribution >= 4 is 29.4 Å². The highest BCUT2D eigenvalue weighted by atomic mass is 32.2. The Bertz CT molecular complexity index is 758. The zero-order valence-electron chi connectivity index (χ0n) is 16.3. The molecule has 1 aliphatic carbocycles. The molecule has 0 radical (unpaired) electrons. The van der Waals surface area contributed by atoms with Gasteiger partial charge in [-0.05, 0) is 56.2 Å². The van der Waals surface area contributed by atoms with Gasteiger partial charge in [-0.15, -0.1) is 23.5 Å². The largest absolute Gasteiger partial charge is 0.441 e. The van der Waals surface area contributed by atoms with Gasteiger partial charge in [-0.25, -0.2) is 4.98 Å². The van der Waals surface area contributed by atoms with Crippen LogP contribution in [0.5, 0.6) is 0 Å². The zero-order valence-corrected chi connectivity index (χ0v) is 17.9. The fourth-order valence-corrected chi connectivity index (χ4v) is 4.68. The smallest absolute Gasteiger partial charge is 0.230 e. The summed E-state index contributed by atoms with van der Waals surface area (Å²) in [4.78, 5) is 18.1. The quantitative estimate of drug-likeness (QED) is 0.635. The molecule has 27 heavy (non-hydrogen) atoms. The number of hydrogen-bond donors (Lipinski definition) is 1. The predicted molar refractivity (Wildman–Crippen MR) is 114 cm³/mol. The molecule has 146 valence electrons. The number of amides is 1. The van der Waals surface area contributed by atoms with E-state index < -0.39 is 0 Å². The average molecular weight is 405 g/mol. The van der Waals surface area contributed by atoms with Crippen LogP contribution in [0.15, 0.2) is 33.6 Å². The van der Waals surface area contributed by atoms with E-state index >= 15 is 0 Å². The van der Waals surface area contributed by atoms with Gasteiger partial charge in [0.1, 0.15) is 5.76 Å². The second-order valence-electron chi connectivity index (χ2n) is 7.18. The van der Waals surface area contributed by atoms with Crippen LogP contribution in [0.3, 0.4) is 0 Å². The molecule has 0 aliphatic heterocycles. The lowest BCUT2D eigenvalue weighted by Gasteiger charge is -2.29. The molecular formula is C21H28N2O2S2. The van der Waals surface area contributed by atoms with E-state index in [1.54, 1.807) is 23.5 Å². The summed E-state index contributed by atoms with van der Waals surface area (Å²) < 4.78 is 5.84. The number of benzene rings is 1. The molecule has 1 fully saturated rings. The van der Waals surface area contributed by atoms with E-state index in [9.17, 15) is 4.79 Å². The molecule has 1 aliphatic rings. The van der Waals surface area contributed by atoms with Crippen LogP contribution in [0.25, 0.3) is 11.5 Å². The Morgan fingerprint density at radius 1 is 1.26 bits per heavy atom. The van der Waals surface area contributed by atoms with Crippen molar-refractivity contribution in [2.75, 3.05) is 12.0 Å². The standard InChI is InChI=1S/C21H28N2O2S2/c1-14-6-4-5-7-18(14)22-20(24)13-27-12-19-15(2)25-21(23-19)16-8-10-17(26-3)11-9-16/h8-11,14,18H,4-7,12-13H2,1-3H3,(H,22,24)/t14-,18-/m1/s1. The molecule has 1 heterocycles. The molecule has 1 N–H and O–H groups in total. The second kappa shape index (κ2) is 9.69. The summed E-state index contributed by atoms with van der Waals surface area (Å²) in [6.07, 6.45) is 6.90. The molecule has 0 unspecified atom stereocenters. The fourth-order valence-electron chi connectivity index (χ4n) is 3.44. The van der Waals surface area contributed by atoms with Crippen LogP contribution in [-0.2, 0) is 10.5 Å². The molecule has 1 saturated carbocycles. The summed E-state index contributed by atoms with van der Waals surface area (Å²) in [5.41, 5.74) is 1.90. The lowest BCUT2D eigenvalue weighted by Crippen LogP contribution is -2.41. The number of hydrogen-bond acceptors (Lipinski definition) is 5. The highest BCUT2D eigenvalue weighted by Gasteiger charge is 2.22. The van der Waals surface area contributed by atoms with E-state index in [1.165, 1.54) is 24.2 Å². The molecule has 0 saturated heterocycles. The SMILES string of the molecule is CSc1ccc(-c2nc(CSCC(=O)N[C@@H]3CCCC[C@H]3C)c(C)o2)cc1. The molecule has 2 atom stereocenters. The minimum atomic E-state index is 0.132. The number of oxazole rings is 1. The molecular weight excluding hydrogens is 376 g/mol. The van der Waals surface area contributed by atoms with Crippen LogP contribution < -0.4 is 5.32 Å². The topological polar surface area (TPSA) is 55.1 Å². The van der Waals surface area contributed by atoms with Gasteiger partial charge in [-0.3, -0.25) is 4.79 Å². The van der Waals surface area contributed by atoms with Crippen LogP contribution in [0, 0.1) is 12.8 Å². The van der Waals surface area contributed by atoms with Gasteiger partial charge in [0.2, 0.25) is 11.8 Å². The number of aromatic nitrogens is 1. The minimum Gasteiger partial charge on any atom is -0.441 e. The molecule has 2 aromatic rings. The van der Waals surface area contributed by atoms with E-state index in [-0.39, 0.29) is 5.91 Å². The van der Waals surface area contributed by atoms with Crippen LogP contribution >= 0.6 is 23.5 Å². The first kappa shape index (κ1) is 20.3. The van der Waals surface area contributed by atoms with Crippen molar-refractivity contribution in [2.45, 2.75) is 56.2 Å². The number of thioether (sulfide) groups is 2. The predicted octanol–water partition coefficient (Wildman–Crippen LogP) is 5.30. The monoisotopic (exact) mass is 404 g/mol. The molecule has 1 aromatic heterocycles. The Balaban J connectivity index is 1.50. The lowest BCUT2D eigenvalue weighted by atomic mass is 9.86. The molecule has 0 bridgehead atoms. The Kier molecular flexibility index (Phi) is 7.30. The Labute approximate surface area is 170 Å². The Morgan fingerprint density at radius 2 is 2.00 bits per heavy atom. The van der Waals surface area contributed by atoms with Crippen molar-refractivity contribution < 1.29 is 9.21 Å². The summed E-state index contributed by atoms with van der Waals surface area (Å²) in [6, 6.07) is 8.56. The van der Waals surface area contributed by atoms with Gasteiger partial charge in [0.25, 0.3) is 0 Å². The summed E-state index contributed by atoms with van der Waals surface area (Å²) in [5.74, 6) is 3.35. The summed E-state index contributed by atoms with van der Waals surface area (Å²) in [6.45, 7) is 4.18. The highest BCUT2D eigenvalue weighted by Crippen LogP contribution is 2.27. The molecule has 3 rings (SSSR count). The van der Waals surface area contributed by atoms with Gasteiger partial charge in [-0.2, -0.15) is 0 Å². The van der Waals surface area contributed by atoms with Crippen molar-refractivity contribution in [2.24, 2.45) is 5.92 Å². The molecule has 1 amide bonds. The van der Waals surface area contributed by atoms with Crippen LogP contribution in [-0.4, -0.2) is 28.9 Å². The number of rotatable bonds is 7. The van der Waals surface area contributed by atoms with Gasteiger partial charge in [0, 0.05) is 22.3 Å². The van der Waals surface area contributed by atoms with E-state index in [0.717, 1.165) is 23.4 Å². The van der Waals surface area contributed by atoms with E-state index in [0.29, 0.717) is 29.4 Å². The van der Waals surface area contributed by atoms with Crippen LogP contribution in [0.1, 0.15) is 44.1 Å². The third-order valence-corrected chi connectivity index (χ3v) is 6.85. The number of nitrogens with one attached hydrogen (secondary N) is 1. The zero-order chi connectivity index (χ0) is 19.2. The Hall–Kier alpha value is -1.40. The maximum Gasteiger partial charge on any atom is 0.230 e. The fraction of sp³-hybridized carbons (Fsp3) is 0.524. The normalized spacial score (nSPS) is 19.8. The number of nitrogens with zero attached hydrogens (tertiary/aromatic N) is 1. The van der Waals surface area contributed by atoms with Crippen molar-refractivity contribution in [3.63, 3.8) is 0 Å². The third-order valence-electron chi connectivity index (χ3n) is 5.16. The lowest BCUT2D eigenvalue weighted by molar-refractivity contribution is -0.119. The van der Waals surface area contributed by atoms with Crippen LogP contribution in [0.4, 0.5) is 0 Å². The maximum atomic E-state index is 12.2. The van der Waals surface area contributed by atoms with Crippen LogP contribution in [0.2, 0.25) is 0 Å². The van der Waals surface area contributed by atoms with Crippen molar-refractivity contribution in [1.82, 2.24) is 10.3 Å². The van der Waals surface area contributed by atoms with Crippen molar-refractivity contribution in [3.05, 3.63) is 35.7 Å². The number of carbonyl (C=O) groups is 1. The average Bonchev–Trinajstić information content (AvgIpc) is 3.04. The first-order chi connectivity index (χ1) is 13.1. The first-order valence-electron chi connectivity index (χ1n) is 9.54. The second-order valence-corrected chi connectivity index (χ2v) is 9.04. The van der Waals surface area contributed by atoms with Gasteiger partial charge >= 0.3 is 0 Å². The summed E-state index contributed by atoms with van der Waals surface area (Å²) in [5, 5.41) is 3.21. The highest BCUT2D eigenvalue weighted by molar-refractivity contribution is 7.99. The molecule has 0 spiro atoms. The molecule has 1 aromatic carbocycles. The van der Waals surface area contributed by atoms with Crippen molar-refractivity contribution in [3.8, 4) is 11.5 Å². The van der Waals surface area contributed by atoms with Gasteiger partial charge < -0.3 is 9.73 Å². The van der Waals surface area contributed by atoms with E-state index in [4.69, 9.17) is 4.42 Å². The molecule has 4 nitrogen and oxygen atoms in total. The van der Waals surface area contributed by atoms with Crippen molar-refractivity contribution in [1.29, 1.82) is 0 Å². The van der Waals surface area contributed by atoms with Gasteiger partial charge in [0.05, 0.1) is 11.4 Å². The van der Waals surface area contributed by atoms with E-state index in [2.05, 4.69) is 35.6 Å². The van der Waals surface area contributed by atoms with Gasteiger partial charge in [-0.1, -0.05) is 19.8 Å². The van der Waals surface area contributed by atoms with E-state index in [1.807, 2.05) is 19.1 Å². The first-order valence-corrected chi connectivity index (χ1v) is 11.9. The molecule has 6 heteroatoms. The number of aryl methyl sites for hydroxylation is 1. The summed E-state index contributed by atoms with van der Waals surface area (Å²) >= 11 is 3.31. The summed E-state index contributed by atoms with van der Waals surface area (Å²) in [7, 11) is 0. The third kappa shape index (κ3) is 5.55. The minimum absolute atomic E-state index is 0.132.